The average Bonchev–Trinajstić information content (AvgIpc) is 2.93. The lowest BCUT2D eigenvalue weighted by molar-refractivity contribution is 0.335. The lowest BCUT2D eigenvalue weighted by Crippen LogP contribution is -2.42. The Morgan fingerprint density at radius 1 is 1.18 bits per heavy atom. The highest BCUT2D eigenvalue weighted by Gasteiger charge is 2.30. The Hall–Kier alpha value is -0.130. The third-order valence-corrected chi connectivity index (χ3v) is 5.76. The van der Waals surface area contributed by atoms with Gasteiger partial charge in [-0.05, 0) is 25.7 Å². The van der Waals surface area contributed by atoms with Crippen LogP contribution in [0.25, 0.3) is 0 Å². The zero-order chi connectivity index (χ0) is 12.3. The van der Waals surface area contributed by atoms with Gasteiger partial charge in [0, 0.05) is 25.2 Å². The van der Waals surface area contributed by atoms with Crippen molar-refractivity contribution in [1.82, 2.24) is 9.62 Å². The molecule has 0 bridgehead atoms. The summed E-state index contributed by atoms with van der Waals surface area (Å²) in [5.74, 6) is 0.258. The fourth-order valence-electron chi connectivity index (χ4n) is 2.67. The first-order valence-corrected chi connectivity index (χ1v) is 8.47. The molecule has 0 radical (unpaired) electrons. The van der Waals surface area contributed by atoms with E-state index in [1.54, 1.807) is 4.31 Å². The van der Waals surface area contributed by atoms with Gasteiger partial charge in [0.25, 0.3) is 0 Å². The van der Waals surface area contributed by atoms with E-state index in [1.165, 1.54) is 25.7 Å². The molecule has 0 aromatic carbocycles. The van der Waals surface area contributed by atoms with Crippen LogP contribution < -0.4 is 5.32 Å². The first-order chi connectivity index (χ1) is 8.13. The van der Waals surface area contributed by atoms with Gasteiger partial charge >= 0.3 is 0 Å². The maximum Gasteiger partial charge on any atom is 0.215 e. The number of rotatable bonds is 7. The normalized spacial score (nSPS) is 22.5. The highest BCUT2D eigenvalue weighted by atomic mass is 32.2. The van der Waals surface area contributed by atoms with Gasteiger partial charge in [0.15, 0.2) is 0 Å². The molecule has 17 heavy (non-hydrogen) atoms. The van der Waals surface area contributed by atoms with Crippen molar-refractivity contribution in [2.75, 3.05) is 18.8 Å². The molecule has 4 nitrogen and oxygen atoms in total. The molecule has 1 N–H and O–H groups in total. The van der Waals surface area contributed by atoms with E-state index in [1.807, 2.05) is 6.92 Å². The van der Waals surface area contributed by atoms with Crippen LogP contribution in [0.1, 0.15) is 45.4 Å². The molecule has 0 spiro atoms. The van der Waals surface area contributed by atoms with Crippen molar-refractivity contribution >= 4 is 10.0 Å². The van der Waals surface area contributed by atoms with Crippen LogP contribution in [0.15, 0.2) is 0 Å². The minimum absolute atomic E-state index is 0.258. The Labute approximate surface area is 105 Å². The van der Waals surface area contributed by atoms with Crippen LogP contribution >= 0.6 is 0 Å². The van der Waals surface area contributed by atoms with Crippen LogP contribution in [0.2, 0.25) is 0 Å². The fourth-order valence-corrected chi connectivity index (χ4v) is 4.34. The molecule has 2 saturated carbocycles. The molecule has 0 amide bonds. The smallest absolute Gasteiger partial charge is 0.215 e. The minimum atomic E-state index is -3.05. The molecular weight excluding hydrogens is 236 g/mol. The van der Waals surface area contributed by atoms with Gasteiger partial charge in [0.2, 0.25) is 10.0 Å². The Morgan fingerprint density at radius 3 is 2.35 bits per heavy atom. The Kier molecular flexibility index (Phi) is 4.44. The highest BCUT2D eigenvalue weighted by Crippen LogP contribution is 2.25. The number of nitrogens with one attached hydrogen (secondary N) is 1. The summed E-state index contributed by atoms with van der Waals surface area (Å²) in [7, 11) is -3.05. The van der Waals surface area contributed by atoms with Crippen molar-refractivity contribution in [3.63, 3.8) is 0 Å². The molecule has 100 valence electrons. The molecule has 0 aromatic rings. The predicted molar refractivity (Wildman–Crippen MR) is 69.4 cm³/mol. The number of nitrogens with zero attached hydrogens (tertiary/aromatic N) is 1. The molecule has 0 aliphatic heterocycles. The van der Waals surface area contributed by atoms with E-state index in [0.29, 0.717) is 19.1 Å². The van der Waals surface area contributed by atoms with Crippen LogP contribution in [0.3, 0.4) is 0 Å². The van der Waals surface area contributed by atoms with Crippen molar-refractivity contribution in [3.05, 3.63) is 0 Å². The van der Waals surface area contributed by atoms with Crippen molar-refractivity contribution in [2.24, 2.45) is 0 Å². The van der Waals surface area contributed by atoms with Crippen molar-refractivity contribution in [2.45, 2.75) is 57.5 Å². The summed E-state index contributed by atoms with van der Waals surface area (Å²) >= 11 is 0. The van der Waals surface area contributed by atoms with Gasteiger partial charge in [0.1, 0.15) is 0 Å². The maximum atomic E-state index is 12.2. The van der Waals surface area contributed by atoms with Gasteiger partial charge in [-0.15, -0.1) is 0 Å². The summed E-state index contributed by atoms with van der Waals surface area (Å²) < 4.78 is 26.2. The van der Waals surface area contributed by atoms with Crippen LogP contribution in [0.5, 0.6) is 0 Å². The van der Waals surface area contributed by atoms with E-state index in [2.05, 4.69) is 5.32 Å². The second-order valence-corrected chi connectivity index (χ2v) is 7.23. The van der Waals surface area contributed by atoms with Crippen molar-refractivity contribution < 1.29 is 8.42 Å². The first-order valence-electron chi connectivity index (χ1n) is 6.86. The van der Waals surface area contributed by atoms with E-state index in [0.717, 1.165) is 12.8 Å². The van der Waals surface area contributed by atoms with Crippen LogP contribution in [-0.2, 0) is 10.0 Å². The number of hydrogen-bond donors (Lipinski definition) is 1. The molecule has 2 fully saturated rings. The minimum Gasteiger partial charge on any atom is -0.313 e. The van der Waals surface area contributed by atoms with E-state index < -0.39 is 10.0 Å². The van der Waals surface area contributed by atoms with Gasteiger partial charge in [-0.1, -0.05) is 19.8 Å². The molecule has 0 atom stereocenters. The second kappa shape index (κ2) is 5.67. The molecule has 5 heteroatoms. The standard InChI is InChI=1S/C12H24N2O2S/c1-2-14(12-5-3-4-6-12)17(15,16)10-9-13-11-7-8-11/h11-13H,2-10H2,1H3. The molecule has 0 saturated heterocycles. The lowest BCUT2D eigenvalue weighted by Gasteiger charge is -2.26. The van der Waals surface area contributed by atoms with Gasteiger partial charge in [-0.25, -0.2) is 8.42 Å². The van der Waals surface area contributed by atoms with E-state index in [4.69, 9.17) is 0 Å². The molecule has 0 unspecified atom stereocenters. The molecule has 2 aliphatic rings. The summed E-state index contributed by atoms with van der Waals surface area (Å²) in [4.78, 5) is 0. The third-order valence-electron chi connectivity index (χ3n) is 3.77. The van der Waals surface area contributed by atoms with Crippen LogP contribution in [0, 0.1) is 0 Å². The predicted octanol–water partition coefficient (Wildman–Crippen LogP) is 1.33. The third kappa shape index (κ3) is 3.66. The quantitative estimate of drug-likeness (QED) is 0.751. The summed E-state index contributed by atoms with van der Waals surface area (Å²) in [6, 6.07) is 0.859. The Morgan fingerprint density at radius 2 is 1.82 bits per heavy atom. The van der Waals surface area contributed by atoms with Gasteiger partial charge in [-0.2, -0.15) is 4.31 Å². The fraction of sp³-hybridized carbons (Fsp3) is 1.00. The average molecular weight is 260 g/mol. The summed E-state index contributed by atoms with van der Waals surface area (Å²) in [6.07, 6.45) is 6.86. The summed E-state index contributed by atoms with van der Waals surface area (Å²) in [5, 5.41) is 3.28. The van der Waals surface area contributed by atoms with Gasteiger partial charge in [-0.3, -0.25) is 0 Å². The summed E-state index contributed by atoms with van der Waals surface area (Å²) in [5.41, 5.74) is 0. The molecular formula is C12H24N2O2S. The van der Waals surface area contributed by atoms with E-state index in [9.17, 15) is 8.42 Å². The van der Waals surface area contributed by atoms with Crippen LogP contribution in [0.4, 0.5) is 0 Å². The first kappa shape index (κ1) is 13.3. The largest absolute Gasteiger partial charge is 0.313 e. The maximum absolute atomic E-state index is 12.2. The van der Waals surface area contributed by atoms with Gasteiger partial charge < -0.3 is 5.32 Å². The lowest BCUT2D eigenvalue weighted by atomic mass is 10.2. The zero-order valence-corrected chi connectivity index (χ0v) is 11.5. The molecule has 0 aromatic heterocycles. The number of sulfonamides is 1. The topological polar surface area (TPSA) is 49.4 Å². The zero-order valence-electron chi connectivity index (χ0n) is 10.7. The van der Waals surface area contributed by atoms with Gasteiger partial charge in [0.05, 0.1) is 5.75 Å². The monoisotopic (exact) mass is 260 g/mol. The Balaban J connectivity index is 1.85. The SMILES string of the molecule is CCN(C1CCCC1)S(=O)(=O)CCNC1CC1. The number of hydrogen-bond acceptors (Lipinski definition) is 3. The molecule has 0 heterocycles. The van der Waals surface area contributed by atoms with Crippen molar-refractivity contribution in [3.8, 4) is 0 Å². The summed E-state index contributed by atoms with van der Waals surface area (Å²) in [6.45, 7) is 3.18. The molecule has 2 aliphatic carbocycles. The Bertz CT molecular complexity index is 332. The van der Waals surface area contributed by atoms with Crippen molar-refractivity contribution in [1.29, 1.82) is 0 Å². The second-order valence-electron chi connectivity index (χ2n) is 5.19. The van der Waals surface area contributed by atoms with E-state index in [-0.39, 0.29) is 11.8 Å². The highest BCUT2D eigenvalue weighted by molar-refractivity contribution is 7.89. The van der Waals surface area contributed by atoms with Crippen LogP contribution in [-0.4, -0.2) is 43.6 Å². The van der Waals surface area contributed by atoms with E-state index >= 15 is 0 Å². The molecule has 2 rings (SSSR count).